The fourth-order valence-electron chi connectivity index (χ4n) is 4.73. The lowest BCUT2D eigenvalue weighted by molar-refractivity contribution is -0.120. The molecule has 4 heteroatoms. The topological polar surface area (TPSA) is 48.1 Å². The van der Waals surface area contributed by atoms with Crippen molar-refractivity contribution in [3.05, 3.63) is 35.5 Å². The Morgan fingerprint density at radius 2 is 2.30 bits per heavy atom. The SMILES string of the molecule is CCCN1CC(NC(C)=O)CC2c3cccc4[nH]cc(c34)C[C@H]21. The summed E-state index contributed by atoms with van der Waals surface area (Å²) >= 11 is 0. The molecule has 1 aliphatic heterocycles. The number of carbonyl (C=O) groups excluding carboxylic acids is 1. The lowest BCUT2D eigenvalue weighted by atomic mass is 9.74. The first-order chi connectivity index (χ1) is 11.2. The predicted molar refractivity (Wildman–Crippen MR) is 92.6 cm³/mol. The maximum Gasteiger partial charge on any atom is 0.217 e. The minimum absolute atomic E-state index is 0.0845. The number of rotatable bonds is 3. The van der Waals surface area contributed by atoms with Crippen LogP contribution in [-0.4, -0.2) is 41.0 Å². The van der Waals surface area contributed by atoms with E-state index >= 15 is 0 Å². The highest BCUT2D eigenvalue weighted by Gasteiger charge is 2.40. The summed E-state index contributed by atoms with van der Waals surface area (Å²) in [7, 11) is 0. The molecule has 1 aliphatic carbocycles. The van der Waals surface area contributed by atoms with Crippen LogP contribution in [0.5, 0.6) is 0 Å². The lowest BCUT2D eigenvalue weighted by Gasteiger charge is -2.47. The molecule has 0 saturated carbocycles. The first kappa shape index (κ1) is 14.8. The van der Waals surface area contributed by atoms with Crippen molar-refractivity contribution >= 4 is 16.8 Å². The van der Waals surface area contributed by atoms with Gasteiger partial charge in [0.2, 0.25) is 5.91 Å². The van der Waals surface area contributed by atoms with Crippen molar-refractivity contribution in [2.75, 3.05) is 13.1 Å². The maximum absolute atomic E-state index is 11.5. The van der Waals surface area contributed by atoms with Crippen LogP contribution in [-0.2, 0) is 11.2 Å². The number of aromatic nitrogens is 1. The van der Waals surface area contributed by atoms with Gasteiger partial charge in [0.1, 0.15) is 0 Å². The van der Waals surface area contributed by atoms with Crippen LogP contribution in [0.25, 0.3) is 10.9 Å². The van der Waals surface area contributed by atoms with Gasteiger partial charge in [-0.2, -0.15) is 0 Å². The zero-order valence-electron chi connectivity index (χ0n) is 13.9. The Bertz CT molecular complexity index is 735. The second kappa shape index (κ2) is 5.68. The summed E-state index contributed by atoms with van der Waals surface area (Å²) in [5, 5.41) is 4.59. The average Bonchev–Trinajstić information content (AvgIpc) is 2.93. The second-order valence-electron chi connectivity index (χ2n) is 7.09. The molecule has 2 aliphatic rings. The van der Waals surface area contributed by atoms with Gasteiger partial charge < -0.3 is 10.3 Å². The predicted octanol–water partition coefficient (Wildman–Crippen LogP) is 2.80. The molecule has 4 nitrogen and oxygen atoms in total. The van der Waals surface area contributed by atoms with Crippen LogP contribution in [0.15, 0.2) is 24.4 Å². The molecule has 3 atom stereocenters. The molecule has 2 N–H and O–H groups in total. The van der Waals surface area contributed by atoms with Crippen molar-refractivity contribution in [2.24, 2.45) is 0 Å². The van der Waals surface area contributed by atoms with Crippen LogP contribution >= 0.6 is 0 Å². The number of aromatic amines is 1. The molecule has 2 unspecified atom stereocenters. The maximum atomic E-state index is 11.5. The monoisotopic (exact) mass is 311 g/mol. The van der Waals surface area contributed by atoms with E-state index in [0.29, 0.717) is 12.0 Å². The van der Waals surface area contributed by atoms with Gasteiger partial charge in [0.05, 0.1) is 0 Å². The Balaban J connectivity index is 1.74. The smallest absolute Gasteiger partial charge is 0.217 e. The molecule has 0 spiro atoms. The number of hydrogen-bond acceptors (Lipinski definition) is 2. The Labute approximate surface area is 137 Å². The van der Waals surface area contributed by atoms with Crippen LogP contribution in [0.3, 0.4) is 0 Å². The fraction of sp³-hybridized carbons (Fsp3) is 0.526. The molecule has 1 aromatic carbocycles. The van der Waals surface area contributed by atoms with Crippen molar-refractivity contribution in [1.82, 2.24) is 15.2 Å². The van der Waals surface area contributed by atoms with Gasteiger partial charge in [-0.3, -0.25) is 9.69 Å². The second-order valence-corrected chi connectivity index (χ2v) is 7.09. The average molecular weight is 311 g/mol. The first-order valence-electron chi connectivity index (χ1n) is 8.77. The van der Waals surface area contributed by atoms with E-state index in [1.165, 1.54) is 22.0 Å². The van der Waals surface area contributed by atoms with Crippen molar-refractivity contribution in [3.8, 4) is 0 Å². The van der Waals surface area contributed by atoms with Crippen LogP contribution < -0.4 is 5.32 Å². The Morgan fingerprint density at radius 1 is 1.43 bits per heavy atom. The van der Waals surface area contributed by atoms with E-state index in [9.17, 15) is 4.79 Å². The molecule has 1 amide bonds. The number of nitrogens with one attached hydrogen (secondary N) is 2. The van der Waals surface area contributed by atoms with E-state index in [2.05, 4.69) is 46.5 Å². The van der Waals surface area contributed by atoms with Crippen molar-refractivity contribution < 1.29 is 4.79 Å². The Hall–Kier alpha value is -1.81. The van der Waals surface area contributed by atoms with E-state index in [-0.39, 0.29) is 11.9 Å². The molecule has 1 fully saturated rings. The summed E-state index contributed by atoms with van der Waals surface area (Å²) in [6.07, 6.45) is 5.51. The molecule has 122 valence electrons. The first-order valence-corrected chi connectivity index (χ1v) is 8.77. The highest BCUT2D eigenvalue weighted by atomic mass is 16.1. The zero-order valence-corrected chi connectivity index (χ0v) is 13.9. The van der Waals surface area contributed by atoms with Gasteiger partial charge in [-0.05, 0) is 43.0 Å². The van der Waals surface area contributed by atoms with Gasteiger partial charge >= 0.3 is 0 Å². The van der Waals surface area contributed by atoms with Crippen LogP contribution in [0.2, 0.25) is 0 Å². The van der Waals surface area contributed by atoms with Gasteiger partial charge in [0.25, 0.3) is 0 Å². The van der Waals surface area contributed by atoms with E-state index in [1.54, 1.807) is 6.92 Å². The molecule has 0 bridgehead atoms. The highest BCUT2D eigenvalue weighted by Crippen LogP contribution is 2.43. The Kier molecular flexibility index (Phi) is 3.64. The molecule has 0 radical (unpaired) electrons. The molecular weight excluding hydrogens is 286 g/mol. The molecular formula is C19H25N3O. The number of benzene rings is 1. The number of amides is 1. The number of piperidine rings is 1. The Morgan fingerprint density at radius 3 is 3.09 bits per heavy atom. The zero-order chi connectivity index (χ0) is 16.0. The summed E-state index contributed by atoms with van der Waals surface area (Å²) in [6, 6.07) is 7.44. The van der Waals surface area contributed by atoms with E-state index in [4.69, 9.17) is 0 Å². The van der Waals surface area contributed by atoms with E-state index in [0.717, 1.165) is 32.4 Å². The fourth-order valence-corrected chi connectivity index (χ4v) is 4.73. The quantitative estimate of drug-likeness (QED) is 0.916. The van der Waals surface area contributed by atoms with Gasteiger partial charge in [-0.1, -0.05) is 19.1 Å². The van der Waals surface area contributed by atoms with Gasteiger partial charge in [0, 0.05) is 48.6 Å². The van der Waals surface area contributed by atoms with Crippen LogP contribution in [0.4, 0.5) is 0 Å². The van der Waals surface area contributed by atoms with Crippen molar-refractivity contribution in [1.29, 1.82) is 0 Å². The normalized spacial score (nSPS) is 27.0. The van der Waals surface area contributed by atoms with E-state index in [1.807, 2.05) is 0 Å². The summed E-state index contributed by atoms with van der Waals surface area (Å²) in [5.74, 6) is 0.598. The summed E-state index contributed by atoms with van der Waals surface area (Å²) < 4.78 is 0. The lowest BCUT2D eigenvalue weighted by Crippen LogP contribution is -2.56. The number of hydrogen-bond donors (Lipinski definition) is 2. The number of fused-ring (bicyclic) bond motifs is 2. The van der Waals surface area contributed by atoms with Gasteiger partial charge in [-0.15, -0.1) is 0 Å². The highest BCUT2D eigenvalue weighted by molar-refractivity contribution is 5.88. The summed E-state index contributed by atoms with van der Waals surface area (Å²) in [5.41, 5.74) is 4.17. The summed E-state index contributed by atoms with van der Waals surface area (Å²) in [4.78, 5) is 17.6. The van der Waals surface area contributed by atoms with Crippen LogP contribution in [0.1, 0.15) is 43.7 Å². The van der Waals surface area contributed by atoms with Crippen molar-refractivity contribution in [3.63, 3.8) is 0 Å². The summed E-state index contributed by atoms with van der Waals surface area (Å²) in [6.45, 7) is 5.95. The number of nitrogens with zero attached hydrogens (tertiary/aromatic N) is 1. The largest absolute Gasteiger partial charge is 0.361 e. The van der Waals surface area contributed by atoms with Crippen LogP contribution in [0, 0.1) is 0 Å². The van der Waals surface area contributed by atoms with Gasteiger partial charge in [-0.25, -0.2) is 0 Å². The minimum atomic E-state index is 0.0845. The molecule has 23 heavy (non-hydrogen) atoms. The number of likely N-dealkylation sites (tertiary alicyclic amines) is 1. The third-order valence-corrected chi connectivity index (χ3v) is 5.49. The standard InChI is InChI=1S/C19H25N3O/c1-3-7-22-11-14(21-12(2)23)9-16-15-5-4-6-17-19(15)13(10-20-17)8-18(16)22/h4-6,10,14,16,18,20H,3,7-9,11H2,1-2H3,(H,21,23)/t14?,16?,18-/m1/s1. The van der Waals surface area contributed by atoms with Crippen molar-refractivity contribution in [2.45, 2.75) is 51.1 Å². The minimum Gasteiger partial charge on any atom is -0.361 e. The third kappa shape index (κ3) is 2.45. The third-order valence-electron chi connectivity index (χ3n) is 5.49. The number of H-pyrrole nitrogens is 1. The molecule has 2 heterocycles. The molecule has 1 saturated heterocycles. The van der Waals surface area contributed by atoms with E-state index < -0.39 is 0 Å². The van der Waals surface area contributed by atoms with Gasteiger partial charge in [0.15, 0.2) is 0 Å². The molecule has 4 rings (SSSR count). The number of carbonyl (C=O) groups is 1. The molecule has 1 aromatic heterocycles. The molecule has 2 aromatic rings.